The maximum atomic E-state index is 14.4. The molecule has 0 aromatic heterocycles. The Morgan fingerprint density at radius 2 is 1.10 bits per heavy atom. The van der Waals surface area contributed by atoms with Gasteiger partial charge in [-0.25, -0.2) is 4.57 Å². The van der Waals surface area contributed by atoms with E-state index in [0.717, 1.165) is 83.5 Å². The molecule has 1 N–H and O–H groups in total. The molecule has 6 rings (SSSR count). The van der Waals surface area contributed by atoms with Crippen molar-refractivity contribution >= 4 is 62.3 Å². The molecule has 9 nitrogen and oxygen atoms in total. The van der Waals surface area contributed by atoms with Gasteiger partial charge in [0.15, 0.2) is 0 Å². The Labute approximate surface area is 412 Å². The summed E-state index contributed by atoms with van der Waals surface area (Å²) in [5, 5.41) is 25.1. The van der Waals surface area contributed by atoms with E-state index in [1.165, 1.54) is 137 Å². The lowest BCUT2D eigenvalue weighted by Gasteiger charge is -2.24. The number of hydrogen-bond acceptors (Lipinski definition) is 7. The molecule has 0 aliphatic rings. The molecular formula is C59H81N2O7P. The van der Waals surface area contributed by atoms with E-state index in [4.69, 9.17) is 13.8 Å². The third-order valence-corrected chi connectivity index (χ3v) is 15.7. The van der Waals surface area contributed by atoms with Crippen molar-refractivity contribution in [2.45, 2.75) is 180 Å². The number of unbranched alkanes of at least 4 members (excludes halogenated alkanes) is 20. The summed E-state index contributed by atoms with van der Waals surface area (Å²) >= 11 is 0. The Bertz CT molecular complexity index is 2440. The van der Waals surface area contributed by atoms with E-state index in [0.29, 0.717) is 19.4 Å². The van der Waals surface area contributed by atoms with Gasteiger partial charge in [0, 0.05) is 25.2 Å². The van der Waals surface area contributed by atoms with Crippen LogP contribution in [0.2, 0.25) is 0 Å². The number of carbonyl (C=O) groups is 1. The predicted molar refractivity (Wildman–Crippen MR) is 288 cm³/mol. The molecule has 0 fully saturated rings. The van der Waals surface area contributed by atoms with Crippen molar-refractivity contribution in [2.24, 2.45) is 0 Å². The smallest absolute Gasteiger partial charge is 0.379 e. The van der Waals surface area contributed by atoms with Crippen LogP contribution >= 0.6 is 7.60 Å². The van der Waals surface area contributed by atoms with Gasteiger partial charge in [-0.05, 0) is 92.9 Å². The molecule has 0 aliphatic heterocycles. The quantitative estimate of drug-likeness (QED) is 0.0103. The number of benzene rings is 6. The Kier molecular flexibility index (Phi) is 23.1. The van der Waals surface area contributed by atoms with E-state index in [1.54, 1.807) is 0 Å². The maximum Gasteiger partial charge on any atom is 0.379 e. The first-order chi connectivity index (χ1) is 33.8. The summed E-state index contributed by atoms with van der Waals surface area (Å²) in [6, 6.07) is 29.8. The number of carbonyl (C=O) groups excluding carboxylic acids is 1. The fourth-order valence-electron chi connectivity index (χ4n) is 9.97. The zero-order valence-electron chi connectivity index (χ0n) is 42.0. The van der Waals surface area contributed by atoms with Crippen LogP contribution in [0.1, 0.15) is 174 Å². The van der Waals surface area contributed by atoms with Crippen molar-refractivity contribution in [2.75, 3.05) is 26.0 Å². The highest BCUT2D eigenvalue weighted by Crippen LogP contribution is 2.49. The molecule has 2 atom stereocenters. The fourth-order valence-corrected chi connectivity index (χ4v) is 11.7. The molecule has 0 saturated carbocycles. The molecule has 0 saturated heterocycles. The molecule has 0 aliphatic carbocycles. The number of nitro benzene ring substituents is 1. The van der Waals surface area contributed by atoms with Crippen molar-refractivity contribution in [1.82, 2.24) is 5.32 Å². The van der Waals surface area contributed by atoms with E-state index in [2.05, 4.69) is 85.9 Å². The molecule has 6 aromatic rings. The van der Waals surface area contributed by atoms with E-state index in [-0.39, 0.29) is 36.7 Å². The van der Waals surface area contributed by atoms with E-state index in [1.807, 2.05) is 0 Å². The second-order valence-electron chi connectivity index (χ2n) is 19.4. The number of nitro groups is 1. The third-order valence-electron chi connectivity index (χ3n) is 13.8. The van der Waals surface area contributed by atoms with Gasteiger partial charge in [-0.1, -0.05) is 203 Å². The minimum Gasteiger partial charge on any atom is -0.424 e. The minimum atomic E-state index is -3.69. The fraction of sp³-hybridized carbons (Fsp3) is 0.542. The second-order valence-corrected chi connectivity index (χ2v) is 21.6. The summed E-state index contributed by atoms with van der Waals surface area (Å²) in [5.41, 5.74) is 1.32. The Hall–Kier alpha value is -4.56. The highest BCUT2D eigenvalue weighted by Gasteiger charge is 2.29. The number of aryl methyl sites for hydroxylation is 1. The topological polar surface area (TPSA) is 117 Å². The first kappa shape index (κ1) is 53.8. The number of nitrogens with zero attached hydrogens (tertiary/aromatic N) is 1. The van der Waals surface area contributed by atoms with E-state index in [9.17, 15) is 19.5 Å². The van der Waals surface area contributed by atoms with E-state index < -0.39 is 18.6 Å². The van der Waals surface area contributed by atoms with Crippen LogP contribution < -0.4 is 9.84 Å². The summed E-state index contributed by atoms with van der Waals surface area (Å²) in [6.07, 6.45) is 27.9. The first-order valence-electron chi connectivity index (χ1n) is 26.9. The third kappa shape index (κ3) is 17.1. The summed E-state index contributed by atoms with van der Waals surface area (Å²) in [7, 11) is -3.69. The lowest BCUT2D eigenvalue weighted by Crippen LogP contribution is -2.41. The van der Waals surface area contributed by atoms with Gasteiger partial charge in [0.1, 0.15) is 5.75 Å². The first-order valence-corrected chi connectivity index (χ1v) is 28.6. The van der Waals surface area contributed by atoms with Gasteiger partial charge in [0.05, 0.1) is 30.3 Å². The largest absolute Gasteiger partial charge is 0.424 e. The number of fused-ring (bicyclic) bond motifs is 2. The van der Waals surface area contributed by atoms with Crippen molar-refractivity contribution in [3.05, 3.63) is 107 Å². The zero-order valence-corrected chi connectivity index (χ0v) is 42.9. The van der Waals surface area contributed by atoms with Crippen LogP contribution in [0.5, 0.6) is 5.75 Å². The number of ether oxygens (including phenoxy) is 1. The molecule has 69 heavy (non-hydrogen) atoms. The van der Waals surface area contributed by atoms with Crippen LogP contribution in [0.3, 0.4) is 0 Å². The molecule has 2 unspecified atom stereocenters. The molecule has 1 amide bonds. The highest BCUT2D eigenvalue weighted by molar-refractivity contribution is 7.54. The molecular weight excluding hydrogens is 880 g/mol. The summed E-state index contributed by atoms with van der Waals surface area (Å²) in [4.78, 5) is 24.2. The summed E-state index contributed by atoms with van der Waals surface area (Å²) < 4.78 is 32.7. The Morgan fingerprint density at radius 3 is 1.72 bits per heavy atom. The molecule has 0 spiro atoms. The standard InChI is InChI=1S/C59H81N2O7P/c1-3-5-7-9-10-11-12-13-14-15-16-17-21-25-44-69(65,68-51-40-38-50(39-41-51)61(63)64)67-46-49(45-66-43-24-8-6-4-2)60-57(62)36-23-20-18-19-22-29-47-37-42-56-54-34-27-31-48-30-26-33-53(58(48)54)55-35-28-32-52(47)59(55)56/h26-28,30-35,37-42,49H,3-25,29,36,43-46H2,1-2H3,(H,60,62). The average molecular weight is 961 g/mol. The average Bonchev–Trinajstić information content (AvgIpc) is 3.36. The normalized spacial score (nSPS) is 13.1. The Balaban J connectivity index is 0.959. The van der Waals surface area contributed by atoms with Gasteiger partial charge in [0.2, 0.25) is 5.91 Å². The molecule has 10 heteroatoms. The SMILES string of the molecule is CCCCCCCCCCCCCCCCP(=O)(OCC(COCCCCCC)NC(=O)CCCCCCCc1ccc2c3cccc4cccc(c5cccc1c52)c43)Oc1ccc([N+](=O)[O-])cc1. The van der Waals surface area contributed by atoms with Crippen LogP contribution in [0.15, 0.2) is 91.0 Å². The molecule has 6 aromatic carbocycles. The van der Waals surface area contributed by atoms with Crippen LogP contribution in [0, 0.1) is 10.1 Å². The van der Waals surface area contributed by atoms with Gasteiger partial charge in [-0.3, -0.25) is 19.4 Å². The molecule has 374 valence electrons. The molecule has 0 radical (unpaired) electrons. The number of hydrogen-bond donors (Lipinski definition) is 1. The van der Waals surface area contributed by atoms with Crippen LogP contribution in [0.4, 0.5) is 5.69 Å². The molecule has 0 heterocycles. The monoisotopic (exact) mass is 961 g/mol. The van der Waals surface area contributed by atoms with E-state index >= 15 is 0 Å². The lowest BCUT2D eigenvalue weighted by molar-refractivity contribution is -0.384. The van der Waals surface area contributed by atoms with Gasteiger partial charge >= 0.3 is 7.60 Å². The zero-order chi connectivity index (χ0) is 48.5. The van der Waals surface area contributed by atoms with Gasteiger partial charge < -0.3 is 14.6 Å². The summed E-state index contributed by atoms with van der Waals surface area (Å²) in [6.45, 7) is 5.23. The number of nitrogens with one attached hydrogen (secondary N) is 1. The van der Waals surface area contributed by atoms with Crippen molar-refractivity contribution < 1.29 is 28.1 Å². The predicted octanol–water partition coefficient (Wildman–Crippen LogP) is 17.4. The number of non-ortho nitro benzene ring substituents is 1. The van der Waals surface area contributed by atoms with Gasteiger partial charge in [0.25, 0.3) is 5.69 Å². The number of amides is 1. The van der Waals surface area contributed by atoms with Crippen molar-refractivity contribution in [1.29, 1.82) is 0 Å². The van der Waals surface area contributed by atoms with Crippen molar-refractivity contribution in [3.63, 3.8) is 0 Å². The highest BCUT2D eigenvalue weighted by atomic mass is 31.2. The number of rotatable bonds is 37. The van der Waals surface area contributed by atoms with Crippen LogP contribution in [-0.4, -0.2) is 42.9 Å². The van der Waals surface area contributed by atoms with Crippen LogP contribution in [-0.2, 0) is 25.0 Å². The summed E-state index contributed by atoms with van der Waals surface area (Å²) in [5.74, 6) is 0.184. The van der Waals surface area contributed by atoms with Gasteiger partial charge in [-0.15, -0.1) is 0 Å². The second kappa shape index (κ2) is 29.6. The Morgan fingerprint density at radius 1 is 0.580 bits per heavy atom. The maximum absolute atomic E-state index is 14.4. The lowest BCUT2D eigenvalue weighted by atomic mass is 9.87. The van der Waals surface area contributed by atoms with Crippen LogP contribution in [0.25, 0.3) is 43.1 Å². The van der Waals surface area contributed by atoms with Gasteiger partial charge in [-0.2, -0.15) is 0 Å². The van der Waals surface area contributed by atoms with Crippen molar-refractivity contribution in [3.8, 4) is 5.75 Å². The molecule has 0 bridgehead atoms. The minimum absolute atomic E-state index is 0.0249.